The van der Waals surface area contributed by atoms with Gasteiger partial charge in [-0.1, -0.05) is 42.8 Å². The average molecular weight is 487 g/mol. The molecule has 4 rings (SSSR count). The molecule has 0 saturated carbocycles. The third-order valence-corrected chi connectivity index (χ3v) is 6.41. The molecule has 1 fully saturated rings. The minimum atomic E-state index is -4.76. The van der Waals surface area contributed by atoms with Gasteiger partial charge in [-0.3, -0.25) is 9.69 Å². The number of amides is 1. The van der Waals surface area contributed by atoms with Gasteiger partial charge >= 0.3 is 6.18 Å². The number of methoxy groups -OCH3 is 1. The second-order valence-corrected chi connectivity index (χ2v) is 8.67. The molecule has 3 aromatic rings. The van der Waals surface area contributed by atoms with Crippen LogP contribution >= 0.6 is 0 Å². The van der Waals surface area contributed by atoms with E-state index in [1.54, 1.807) is 38.3 Å². The molecule has 2 heterocycles. The zero-order valence-electron chi connectivity index (χ0n) is 19.8. The number of halogens is 3. The Morgan fingerprint density at radius 1 is 1.09 bits per heavy atom. The first-order valence-corrected chi connectivity index (χ1v) is 11.7. The number of aromatic nitrogens is 2. The number of hydrogen-bond acceptors (Lipinski definition) is 4. The van der Waals surface area contributed by atoms with E-state index in [2.05, 4.69) is 15.3 Å². The van der Waals surface area contributed by atoms with Crippen molar-refractivity contribution in [1.29, 1.82) is 0 Å². The van der Waals surface area contributed by atoms with Crippen molar-refractivity contribution in [2.75, 3.05) is 26.7 Å². The van der Waals surface area contributed by atoms with Crippen LogP contribution in [0.2, 0.25) is 0 Å². The molecule has 1 amide bonds. The smallest absolute Gasteiger partial charge is 0.434 e. The highest BCUT2D eigenvalue weighted by Gasteiger charge is 2.41. The van der Waals surface area contributed by atoms with Gasteiger partial charge in [0, 0.05) is 12.1 Å². The van der Waals surface area contributed by atoms with Gasteiger partial charge in [0.05, 0.1) is 30.6 Å². The van der Waals surface area contributed by atoms with E-state index >= 15 is 0 Å². The third-order valence-electron chi connectivity index (χ3n) is 6.41. The molecule has 1 aliphatic heterocycles. The van der Waals surface area contributed by atoms with Crippen LogP contribution in [0.3, 0.4) is 0 Å². The maximum Gasteiger partial charge on any atom is 0.434 e. The molecule has 2 aromatic carbocycles. The summed E-state index contributed by atoms with van der Waals surface area (Å²) in [7, 11) is 1.58. The predicted octanol–water partition coefficient (Wildman–Crippen LogP) is 5.17. The Balaban J connectivity index is 1.63. The molecule has 0 bridgehead atoms. The van der Waals surface area contributed by atoms with Gasteiger partial charge in [-0.15, -0.1) is 0 Å². The first-order chi connectivity index (χ1) is 16.8. The van der Waals surface area contributed by atoms with Crippen LogP contribution in [0, 0.1) is 6.92 Å². The van der Waals surface area contributed by atoms with E-state index in [0.29, 0.717) is 11.3 Å². The minimum Gasteiger partial charge on any atom is -0.496 e. The number of carbonyl (C=O) groups excluding carboxylic acids is 1. The summed E-state index contributed by atoms with van der Waals surface area (Å²) in [5.74, 6) is -0.130. The lowest BCUT2D eigenvalue weighted by Crippen LogP contribution is -2.41. The SMILES string of the molecule is COc1ccccc1C(CNC(=O)c1cnn(-c2ccccc2C)c1C(F)(F)F)N1CCCCC1. The van der Waals surface area contributed by atoms with Crippen LogP contribution in [0.15, 0.2) is 54.7 Å². The van der Waals surface area contributed by atoms with Gasteiger partial charge in [-0.25, -0.2) is 4.68 Å². The number of rotatable bonds is 7. The van der Waals surface area contributed by atoms with Crippen LogP contribution in [0.1, 0.15) is 52.5 Å². The highest BCUT2D eigenvalue weighted by molar-refractivity contribution is 5.95. The summed E-state index contributed by atoms with van der Waals surface area (Å²) in [5, 5.41) is 6.69. The number of nitrogens with one attached hydrogen (secondary N) is 1. The van der Waals surface area contributed by atoms with Crippen LogP contribution in [-0.4, -0.2) is 47.3 Å². The van der Waals surface area contributed by atoms with E-state index in [-0.39, 0.29) is 18.3 Å². The number of alkyl halides is 3. The fourth-order valence-electron chi connectivity index (χ4n) is 4.66. The molecule has 1 N–H and O–H groups in total. The molecular weight excluding hydrogens is 457 g/mol. The van der Waals surface area contributed by atoms with Crippen molar-refractivity contribution in [3.63, 3.8) is 0 Å². The number of aryl methyl sites for hydroxylation is 1. The molecule has 6 nitrogen and oxygen atoms in total. The lowest BCUT2D eigenvalue weighted by atomic mass is 10.0. The summed E-state index contributed by atoms with van der Waals surface area (Å²) in [6.45, 7) is 3.54. The Kier molecular flexibility index (Phi) is 7.45. The molecular formula is C26H29F3N4O2. The van der Waals surface area contributed by atoms with Crippen molar-refractivity contribution in [3.05, 3.63) is 77.1 Å². The van der Waals surface area contributed by atoms with Crippen molar-refractivity contribution in [3.8, 4) is 11.4 Å². The number of piperidine rings is 1. The number of para-hydroxylation sites is 2. The third kappa shape index (κ3) is 5.35. The number of hydrogen-bond donors (Lipinski definition) is 1. The molecule has 186 valence electrons. The van der Waals surface area contributed by atoms with E-state index in [4.69, 9.17) is 4.74 Å². The van der Waals surface area contributed by atoms with E-state index in [0.717, 1.165) is 48.8 Å². The Morgan fingerprint density at radius 2 is 1.77 bits per heavy atom. The average Bonchev–Trinajstić information content (AvgIpc) is 3.31. The molecule has 0 aliphatic carbocycles. The fourth-order valence-corrected chi connectivity index (χ4v) is 4.66. The van der Waals surface area contributed by atoms with E-state index in [9.17, 15) is 18.0 Å². The van der Waals surface area contributed by atoms with Crippen molar-refractivity contribution < 1.29 is 22.7 Å². The number of nitrogens with zero attached hydrogens (tertiary/aromatic N) is 3. The maximum atomic E-state index is 14.1. The summed E-state index contributed by atoms with van der Waals surface area (Å²) < 4.78 is 48.7. The highest BCUT2D eigenvalue weighted by Crippen LogP contribution is 2.35. The van der Waals surface area contributed by atoms with Gasteiger partial charge in [0.2, 0.25) is 0 Å². The van der Waals surface area contributed by atoms with Gasteiger partial charge in [0.1, 0.15) is 5.75 Å². The first kappa shape index (κ1) is 24.8. The molecule has 1 aliphatic rings. The van der Waals surface area contributed by atoms with Crippen LogP contribution in [0.4, 0.5) is 13.2 Å². The van der Waals surface area contributed by atoms with Crippen molar-refractivity contribution in [1.82, 2.24) is 20.0 Å². The Morgan fingerprint density at radius 3 is 2.46 bits per heavy atom. The molecule has 35 heavy (non-hydrogen) atoms. The topological polar surface area (TPSA) is 59.4 Å². The van der Waals surface area contributed by atoms with Gasteiger partial charge in [-0.2, -0.15) is 18.3 Å². The molecule has 0 radical (unpaired) electrons. The van der Waals surface area contributed by atoms with Crippen LogP contribution in [-0.2, 0) is 6.18 Å². The van der Waals surface area contributed by atoms with E-state index in [1.807, 2.05) is 24.3 Å². The van der Waals surface area contributed by atoms with E-state index in [1.165, 1.54) is 0 Å². The van der Waals surface area contributed by atoms with Gasteiger partial charge in [-0.05, 0) is 50.6 Å². The second kappa shape index (κ2) is 10.5. The van der Waals surface area contributed by atoms with Crippen molar-refractivity contribution in [2.24, 2.45) is 0 Å². The zero-order chi connectivity index (χ0) is 25.0. The number of ether oxygens (including phenoxy) is 1. The summed E-state index contributed by atoms with van der Waals surface area (Å²) in [4.78, 5) is 15.4. The molecule has 1 saturated heterocycles. The molecule has 1 aromatic heterocycles. The monoisotopic (exact) mass is 486 g/mol. The second-order valence-electron chi connectivity index (χ2n) is 8.67. The summed E-state index contributed by atoms with van der Waals surface area (Å²) in [6.07, 6.45) is -0.583. The standard InChI is InChI=1S/C26H29F3N4O2/c1-18-10-4-6-12-21(18)33-24(26(27,28)29)20(16-31-33)25(34)30-17-22(32-14-8-3-9-15-32)19-11-5-7-13-23(19)35-2/h4-7,10-13,16,22H,3,8-9,14-15,17H2,1-2H3,(H,30,34). The summed E-state index contributed by atoms with van der Waals surface area (Å²) >= 11 is 0. The number of carbonyl (C=O) groups is 1. The van der Waals surface area contributed by atoms with Crippen molar-refractivity contribution >= 4 is 5.91 Å². The lowest BCUT2D eigenvalue weighted by Gasteiger charge is -2.35. The number of likely N-dealkylation sites (tertiary alicyclic amines) is 1. The van der Waals surface area contributed by atoms with Crippen LogP contribution in [0.25, 0.3) is 5.69 Å². The fraction of sp³-hybridized carbons (Fsp3) is 0.385. The molecule has 1 unspecified atom stereocenters. The first-order valence-electron chi connectivity index (χ1n) is 11.7. The Hall–Kier alpha value is -3.33. The zero-order valence-corrected chi connectivity index (χ0v) is 19.8. The van der Waals surface area contributed by atoms with Crippen molar-refractivity contribution in [2.45, 2.75) is 38.4 Å². The molecule has 0 spiro atoms. The summed E-state index contributed by atoms with van der Waals surface area (Å²) in [5.41, 5.74) is 0.201. The largest absolute Gasteiger partial charge is 0.496 e. The van der Waals surface area contributed by atoms with Gasteiger partial charge < -0.3 is 10.1 Å². The predicted molar refractivity (Wildman–Crippen MR) is 127 cm³/mol. The van der Waals surface area contributed by atoms with E-state index < -0.39 is 23.3 Å². The Bertz CT molecular complexity index is 1170. The highest BCUT2D eigenvalue weighted by atomic mass is 19.4. The molecule has 1 atom stereocenters. The minimum absolute atomic E-state index is 0.145. The quantitative estimate of drug-likeness (QED) is 0.501. The van der Waals surface area contributed by atoms with Gasteiger partial charge in [0.25, 0.3) is 5.91 Å². The number of benzene rings is 2. The Labute approximate surface area is 202 Å². The van der Waals surface area contributed by atoms with Gasteiger partial charge in [0.15, 0.2) is 5.69 Å². The van der Waals surface area contributed by atoms with Crippen LogP contribution < -0.4 is 10.1 Å². The normalized spacial score (nSPS) is 15.6. The van der Waals surface area contributed by atoms with Crippen LogP contribution in [0.5, 0.6) is 5.75 Å². The lowest BCUT2D eigenvalue weighted by molar-refractivity contribution is -0.143. The molecule has 9 heteroatoms. The maximum absolute atomic E-state index is 14.1. The summed E-state index contributed by atoms with van der Waals surface area (Å²) in [6, 6.07) is 13.9.